The van der Waals surface area contributed by atoms with Crippen molar-refractivity contribution in [3.8, 4) is 6.07 Å². The largest absolute Gasteiger partial charge is 0.381 e. The summed E-state index contributed by atoms with van der Waals surface area (Å²) in [6, 6.07) is 2.88. The van der Waals surface area contributed by atoms with Crippen LogP contribution < -0.4 is 11.1 Å². The highest BCUT2D eigenvalue weighted by Gasteiger charge is 2.53. The standard InChI is InChI=1S/C17H25N5/c18-9-14-15(21-22-17(14)19)5-2-6-20-16-8-10-7-13(16)12-4-1-3-11(10)12/h10-13,16,20H,1-8H2,(H3,19,21,22)/t10-,11+,12+,13+,16-/m1/s1. The molecule has 1 heterocycles. The van der Waals surface area contributed by atoms with Crippen LogP contribution in [0.2, 0.25) is 0 Å². The van der Waals surface area contributed by atoms with E-state index in [9.17, 15) is 0 Å². The fraction of sp³-hybridized carbons (Fsp3) is 0.765. The number of fused-ring (bicyclic) bond motifs is 5. The summed E-state index contributed by atoms with van der Waals surface area (Å²) in [6.07, 6.45) is 9.17. The number of aromatic nitrogens is 2. The van der Waals surface area contributed by atoms with Gasteiger partial charge in [0.15, 0.2) is 5.82 Å². The number of aromatic amines is 1. The number of nitrogens with two attached hydrogens (primary N) is 1. The zero-order valence-electron chi connectivity index (χ0n) is 13.0. The van der Waals surface area contributed by atoms with E-state index < -0.39 is 0 Å². The summed E-state index contributed by atoms with van der Waals surface area (Å²) in [5.74, 6) is 4.36. The molecule has 3 aliphatic carbocycles. The maximum atomic E-state index is 9.07. The van der Waals surface area contributed by atoms with Crippen LogP contribution in [0.15, 0.2) is 0 Å². The number of H-pyrrole nitrogens is 1. The van der Waals surface area contributed by atoms with Crippen LogP contribution in [0, 0.1) is 35.0 Å². The van der Waals surface area contributed by atoms with Crippen LogP contribution >= 0.6 is 0 Å². The first-order valence-corrected chi connectivity index (χ1v) is 8.74. The second-order valence-electron chi connectivity index (χ2n) is 7.39. The van der Waals surface area contributed by atoms with Gasteiger partial charge in [-0.1, -0.05) is 6.42 Å². The first-order chi connectivity index (χ1) is 10.8. The first kappa shape index (κ1) is 14.1. The Morgan fingerprint density at radius 2 is 2.14 bits per heavy atom. The summed E-state index contributed by atoms with van der Waals surface area (Å²) in [6.45, 7) is 1.02. The van der Waals surface area contributed by atoms with Gasteiger partial charge >= 0.3 is 0 Å². The fourth-order valence-electron chi connectivity index (χ4n) is 5.56. The Kier molecular flexibility index (Phi) is 3.57. The molecule has 3 aliphatic rings. The molecule has 5 heteroatoms. The summed E-state index contributed by atoms with van der Waals surface area (Å²) in [7, 11) is 0. The maximum Gasteiger partial charge on any atom is 0.163 e. The van der Waals surface area contributed by atoms with Crippen LogP contribution in [0.25, 0.3) is 0 Å². The molecule has 3 saturated carbocycles. The van der Waals surface area contributed by atoms with E-state index in [1.54, 1.807) is 0 Å². The highest BCUT2D eigenvalue weighted by atomic mass is 15.2. The van der Waals surface area contributed by atoms with Gasteiger partial charge in [-0.2, -0.15) is 10.4 Å². The first-order valence-electron chi connectivity index (χ1n) is 8.74. The molecule has 4 rings (SSSR count). The fourth-order valence-corrected chi connectivity index (χ4v) is 5.56. The van der Waals surface area contributed by atoms with Gasteiger partial charge in [-0.05, 0) is 68.7 Å². The van der Waals surface area contributed by atoms with Crippen molar-refractivity contribution in [1.29, 1.82) is 5.26 Å². The van der Waals surface area contributed by atoms with Gasteiger partial charge in [-0.3, -0.25) is 5.10 Å². The minimum absolute atomic E-state index is 0.325. The Bertz CT molecular complexity index is 586. The third-order valence-corrected chi connectivity index (χ3v) is 6.42. The smallest absolute Gasteiger partial charge is 0.163 e. The summed E-state index contributed by atoms with van der Waals surface area (Å²) in [5, 5.41) is 19.7. The normalized spacial score (nSPS) is 35.7. The summed E-state index contributed by atoms with van der Waals surface area (Å²) >= 11 is 0. The van der Waals surface area contributed by atoms with Gasteiger partial charge in [-0.25, -0.2) is 0 Å². The molecule has 0 radical (unpaired) electrons. The zero-order chi connectivity index (χ0) is 15.1. The van der Waals surface area contributed by atoms with E-state index in [1.165, 1.54) is 32.1 Å². The van der Waals surface area contributed by atoms with Gasteiger partial charge in [0.2, 0.25) is 0 Å². The van der Waals surface area contributed by atoms with Gasteiger partial charge in [0.05, 0.1) is 5.69 Å². The average Bonchev–Trinajstić information content (AvgIpc) is 3.25. The van der Waals surface area contributed by atoms with Crippen molar-refractivity contribution in [1.82, 2.24) is 15.5 Å². The van der Waals surface area contributed by atoms with E-state index in [0.29, 0.717) is 11.4 Å². The molecule has 3 fully saturated rings. The zero-order valence-corrected chi connectivity index (χ0v) is 13.0. The molecule has 0 aromatic carbocycles. The van der Waals surface area contributed by atoms with Crippen molar-refractivity contribution >= 4 is 5.82 Å². The molecule has 22 heavy (non-hydrogen) atoms. The average molecular weight is 299 g/mol. The molecule has 0 spiro atoms. The van der Waals surface area contributed by atoms with Crippen molar-refractivity contribution in [2.45, 2.75) is 51.0 Å². The number of nitriles is 1. The van der Waals surface area contributed by atoms with E-state index in [0.717, 1.165) is 54.8 Å². The highest BCUT2D eigenvalue weighted by Crippen LogP contribution is 2.58. The molecule has 0 aliphatic heterocycles. The Balaban J connectivity index is 1.26. The Morgan fingerprint density at radius 3 is 3.00 bits per heavy atom. The van der Waals surface area contributed by atoms with E-state index >= 15 is 0 Å². The van der Waals surface area contributed by atoms with Gasteiger partial charge in [0.1, 0.15) is 11.6 Å². The lowest BCUT2D eigenvalue weighted by Crippen LogP contribution is -2.39. The molecule has 2 bridgehead atoms. The van der Waals surface area contributed by atoms with Gasteiger partial charge in [0.25, 0.3) is 0 Å². The summed E-state index contributed by atoms with van der Waals surface area (Å²) < 4.78 is 0. The molecule has 0 unspecified atom stereocenters. The van der Waals surface area contributed by atoms with E-state index in [1.807, 2.05) is 0 Å². The Labute approximate surface area is 131 Å². The molecule has 5 nitrogen and oxygen atoms in total. The second-order valence-corrected chi connectivity index (χ2v) is 7.39. The number of rotatable bonds is 5. The van der Waals surface area contributed by atoms with Crippen LogP contribution in [-0.2, 0) is 6.42 Å². The predicted octanol–water partition coefficient (Wildman–Crippen LogP) is 2.21. The predicted molar refractivity (Wildman–Crippen MR) is 84.9 cm³/mol. The van der Waals surface area contributed by atoms with Crippen LogP contribution in [0.5, 0.6) is 0 Å². The quantitative estimate of drug-likeness (QED) is 0.727. The third-order valence-electron chi connectivity index (χ3n) is 6.42. The minimum Gasteiger partial charge on any atom is -0.381 e. The molecule has 1 aromatic rings. The lowest BCUT2D eigenvalue weighted by Gasteiger charge is -2.32. The van der Waals surface area contributed by atoms with Gasteiger partial charge in [-0.15, -0.1) is 0 Å². The van der Waals surface area contributed by atoms with Crippen LogP contribution in [0.3, 0.4) is 0 Å². The molecule has 0 saturated heterocycles. The summed E-state index contributed by atoms with van der Waals surface area (Å²) in [5.41, 5.74) is 7.07. The third kappa shape index (κ3) is 2.21. The highest BCUT2D eigenvalue weighted by molar-refractivity contribution is 5.50. The SMILES string of the molecule is N#Cc1c(N)n[nH]c1CCCN[C@@H]1C[C@H]2C[C@H]1[C@H]1CCC[C@@H]21. The van der Waals surface area contributed by atoms with Crippen molar-refractivity contribution in [3.63, 3.8) is 0 Å². The number of nitrogens with one attached hydrogen (secondary N) is 2. The number of nitrogens with zero attached hydrogens (tertiary/aromatic N) is 2. The Hall–Kier alpha value is -1.54. The lowest BCUT2D eigenvalue weighted by atomic mass is 9.79. The van der Waals surface area contributed by atoms with E-state index in [2.05, 4.69) is 21.6 Å². The van der Waals surface area contributed by atoms with E-state index in [4.69, 9.17) is 11.0 Å². The number of aryl methyl sites for hydroxylation is 1. The molecule has 118 valence electrons. The number of anilines is 1. The molecule has 4 N–H and O–H groups in total. The maximum absolute atomic E-state index is 9.07. The van der Waals surface area contributed by atoms with Crippen LogP contribution in [0.4, 0.5) is 5.82 Å². The van der Waals surface area contributed by atoms with E-state index in [-0.39, 0.29) is 0 Å². The topological polar surface area (TPSA) is 90.5 Å². The molecular formula is C17H25N5. The van der Waals surface area contributed by atoms with Crippen molar-refractivity contribution in [2.24, 2.45) is 23.7 Å². The van der Waals surface area contributed by atoms with Crippen molar-refractivity contribution in [3.05, 3.63) is 11.3 Å². The monoisotopic (exact) mass is 299 g/mol. The Morgan fingerprint density at radius 1 is 1.27 bits per heavy atom. The molecular weight excluding hydrogens is 274 g/mol. The lowest BCUT2D eigenvalue weighted by molar-refractivity contribution is 0.209. The number of hydrogen-bond acceptors (Lipinski definition) is 4. The minimum atomic E-state index is 0.325. The van der Waals surface area contributed by atoms with Gasteiger partial charge < -0.3 is 11.1 Å². The van der Waals surface area contributed by atoms with Gasteiger partial charge in [0, 0.05) is 6.04 Å². The number of nitrogen functional groups attached to an aromatic ring is 1. The molecule has 5 atom stereocenters. The molecule has 0 amide bonds. The van der Waals surface area contributed by atoms with Crippen LogP contribution in [0.1, 0.15) is 49.8 Å². The van der Waals surface area contributed by atoms with Crippen LogP contribution in [-0.4, -0.2) is 22.8 Å². The van der Waals surface area contributed by atoms with Crippen molar-refractivity contribution in [2.75, 3.05) is 12.3 Å². The second kappa shape index (κ2) is 5.58. The number of hydrogen-bond donors (Lipinski definition) is 3. The molecule has 1 aromatic heterocycles. The van der Waals surface area contributed by atoms with Crippen molar-refractivity contribution < 1.29 is 0 Å². The summed E-state index contributed by atoms with van der Waals surface area (Å²) in [4.78, 5) is 0.